The van der Waals surface area contributed by atoms with Crippen LogP contribution in [0.1, 0.15) is 0 Å². The molecule has 0 aliphatic heterocycles. The summed E-state index contributed by atoms with van der Waals surface area (Å²) in [5.74, 6) is 0. The van der Waals surface area contributed by atoms with Crippen molar-refractivity contribution >= 4 is 39.1 Å². The third kappa shape index (κ3) is 3.72. The Morgan fingerprint density at radius 3 is 2.03 bits per heavy atom. The normalized spacial score (nSPS) is 11.3. The Hall–Kier alpha value is -4.15. The van der Waals surface area contributed by atoms with E-state index in [0.717, 1.165) is 55.7 Å². The first-order chi connectivity index (χ1) is 17.1. The highest BCUT2D eigenvalue weighted by molar-refractivity contribution is 6.30. The van der Waals surface area contributed by atoms with Gasteiger partial charge < -0.3 is 4.90 Å². The number of hydrogen-bond donors (Lipinski definition) is 0. The Balaban J connectivity index is 1.75. The van der Waals surface area contributed by atoms with Crippen LogP contribution in [-0.2, 0) is 0 Å². The second kappa shape index (κ2) is 8.57. The van der Waals surface area contributed by atoms with Crippen LogP contribution < -0.4 is 4.90 Å². The molecule has 2 heterocycles. The molecule has 2 aromatic heterocycles. The molecule has 5 heteroatoms. The van der Waals surface area contributed by atoms with Crippen molar-refractivity contribution in [3.8, 4) is 28.2 Å². The zero-order valence-corrected chi connectivity index (χ0v) is 20.2. The number of anilines is 1. The molecule has 0 atom stereocenters. The van der Waals surface area contributed by atoms with Crippen LogP contribution in [0.15, 0.2) is 103 Å². The second-order valence-electron chi connectivity index (χ2n) is 8.75. The van der Waals surface area contributed by atoms with Crippen molar-refractivity contribution in [1.82, 2.24) is 14.8 Å². The minimum atomic E-state index is 0.698. The van der Waals surface area contributed by atoms with Crippen molar-refractivity contribution in [3.63, 3.8) is 0 Å². The minimum absolute atomic E-state index is 0.698. The van der Waals surface area contributed by atoms with E-state index >= 15 is 0 Å². The molecule has 0 saturated carbocycles. The lowest BCUT2D eigenvalue weighted by atomic mass is 9.99. The van der Waals surface area contributed by atoms with Gasteiger partial charge in [-0.05, 0) is 42.5 Å². The van der Waals surface area contributed by atoms with E-state index in [1.807, 2.05) is 67.3 Å². The van der Waals surface area contributed by atoms with Crippen molar-refractivity contribution in [3.05, 3.63) is 108 Å². The van der Waals surface area contributed by atoms with E-state index in [4.69, 9.17) is 21.7 Å². The van der Waals surface area contributed by atoms with Gasteiger partial charge in [0.25, 0.3) is 0 Å². The maximum Gasteiger partial charge on any atom is 0.103 e. The van der Waals surface area contributed by atoms with Gasteiger partial charge in [0.2, 0.25) is 0 Å². The summed E-state index contributed by atoms with van der Waals surface area (Å²) in [4.78, 5) is 7.26. The van der Waals surface area contributed by atoms with E-state index in [9.17, 15) is 0 Å². The molecule has 170 valence electrons. The van der Waals surface area contributed by atoms with Gasteiger partial charge in [-0.2, -0.15) is 5.10 Å². The van der Waals surface area contributed by atoms with Crippen LogP contribution in [0.3, 0.4) is 0 Å². The zero-order valence-electron chi connectivity index (χ0n) is 19.5. The average Bonchev–Trinajstić information content (AvgIpc) is 3.30. The fraction of sp³-hybridized carbons (Fsp3) is 0.0667. The van der Waals surface area contributed by atoms with E-state index in [-0.39, 0.29) is 0 Å². The van der Waals surface area contributed by atoms with E-state index < -0.39 is 0 Å². The summed E-state index contributed by atoms with van der Waals surface area (Å²) in [5, 5.41) is 7.95. The molecule has 0 spiro atoms. The monoisotopic (exact) mass is 474 g/mol. The van der Waals surface area contributed by atoms with Crippen molar-refractivity contribution < 1.29 is 0 Å². The van der Waals surface area contributed by atoms with E-state index in [2.05, 4.69) is 59.5 Å². The molecule has 0 radical (unpaired) electrons. The third-order valence-electron chi connectivity index (χ3n) is 6.29. The van der Waals surface area contributed by atoms with E-state index in [0.29, 0.717) is 5.02 Å². The lowest BCUT2D eigenvalue weighted by molar-refractivity contribution is 0.918. The van der Waals surface area contributed by atoms with Crippen molar-refractivity contribution in [2.75, 3.05) is 19.0 Å². The van der Waals surface area contributed by atoms with Crippen LogP contribution in [-0.4, -0.2) is 28.9 Å². The minimum Gasteiger partial charge on any atom is -0.378 e. The Morgan fingerprint density at radius 2 is 1.31 bits per heavy atom. The second-order valence-corrected chi connectivity index (χ2v) is 9.18. The van der Waals surface area contributed by atoms with Crippen molar-refractivity contribution in [2.24, 2.45) is 0 Å². The molecule has 4 aromatic carbocycles. The first kappa shape index (κ1) is 21.4. The Kier molecular flexibility index (Phi) is 5.24. The molecular weight excluding hydrogens is 452 g/mol. The fourth-order valence-corrected chi connectivity index (χ4v) is 4.66. The molecule has 0 bridgehead atoms. The number of aromatic nitrogens is 3. The maximum atomic E-state index is 6.22. The van der Waals surface area contributed by atoms with E-state index in [1.54, 1.807) is 0 Å². The van der Waals surface area contributed by atoms with Crippen molar-refractivity contribution in [2.45, 2.75) is 0 Å². The van der Waals surface area contributed by atoms with Gasteiger partial charge in [0.05, 0.1) is 27.8 Å². The molecule has 0 fully saturated rings. The molecule has 6 aromatic rings. The lowest BCUT2D eigenvalue weighted by Crippen LogP contribution is -2.07. The first-order valence-electron chi connectivity index (χ1n) is 11.5. The topological polar surface area (TPSA) is 34.0 Å². The average molecular weight is 475 g/mol. The molecular formula is C30H23ClN4. The van der Waals surface area contributed by atoms with Crippen LogP contribution in [0, 0.1) is 0 Å². The third-order valence-corrected chi connectivity index (χ3v) is 6.54. The maximum absolute atomic E-state index is 6.22. The van der Waals surface area contributed by atoms with Crippen LogP contribution >= 0.6 is 11.6 Å². The Labute approximate surface area is 209 Å². The van der Waals surface area contributed by atoms with Crippen molar-refractivity contribution in [1.29, 1.82) is 0 Å². The molecule has 0 saturated heterocycles. The number of rotatable bonds is 4. The highest BCUT2D eigenvalue weighted by Crippen LogP contribution is 2.40. The summed E-state index contributed by atoms with van der Waals surface area (Å²) in [5.41, 5.74) is 7.96. The smallest absolute Gasteiger partial charge is 0.103 e. The van der Waals surface area contributed by atoms with Crippen LogP contribution in [0.5, 0.6) is 0 Å². The largest absolute Gasteiger partial charge is 0.378 e. The lowest BCUT2D eigenvalue weighted by Gasteiger charge is -2.14. The summed E-state index contributed by atoms with van der Waals surface area (Å²) >= 11 is 6.22. The van der Waals surface area contributed by atoms with Gasteiger partial charge in [0.1, 0.15) is 5.69 Å². The number of benzene rings is 4. The van der Waals surface area contributed by atoms with Crippen LogP contribution in [0.4, 0.5) is 5.69 Å². The number of pyridine rings is 1. The van der Waals surface area contributed by atoms with E-state index in [1.165, 1.54) is 0 Å². The highest BCUT2D eigenvalue weighted by Gasteiger charge is 2.22. The number of hydrogen-bond acceptors (Lipinski definition) is 3. The summed E-state index contributed by atoms with van der Waals surface area (Å²) < 4.78 is 2.04. The molecule has 35 heavy (non-hydrogen) atoms. The number of para-hydroxylation sites is 2. The standard InChI is InChI=1S/C30H23ClN4/c1-34(2)23-18-14-20(15-19-23)28-27-29(21-12-16-22(31)17-13-21)33-35(24-8-4-3-5-9-24)30(27)25-10-6-7-11-26(25)32-28/h3-19H,1-2H3. The summed E-state index contributed by atoms with van der Waals surface area (Å²) in [7, 11) is 4.09. The predicted octanol–water partition coefficient (Wildman–Crippen LogP) is 7.63. The summed E-state index contributed by atoms with van der Waals surface area (Å²) in [6.45, 7) is 0. The molecule has 0 unspecified atom stereocenters. The first-order valence-corrected chi connectivity index (χ1v) is 11.9. The van der Waals surface area contributed by atoms with Crippen LogP contribution in [0.2, 0.25) is 5.02 Å². The number of nitrogens with zero attached hydrogens (tertiary/aromatic N) is 4. The number of halogens is 1. The molecule has 6 rings (SSSR count). The van der Waals surface area contributed by atoms with Gasteiger partial charge >= 0.3 is 0 Å². The zero-order chi connectivity index (χ0) is 23.9. The van der Waals surface area contributed by atoms with Crippen LogP contribution in [0.25, 0.3) is 50.0 Å². The van der Waals surface area contributed by atoms with Gasteiger partial charge in [-0.1, -0.05) is 72.3 Å². The number of fused-ring (bicyclic) bond motifs is 3. The molecule has 0 amide bonds. The van der Waals surface area contributed by atoms with Gasteiger partial charge in [-0.15, -0.1) is 0 Å². The highest BCUT2D eigenvalue weighted by atomic mass is 35.5. The summed E-state index contributed by atoms with van der Waals surface area (Å²) in [6, 6.07) is 34.9. The SMILES string of the molecule is CN(C)c1ccc(-c2nc3ccccc3c3c2c(-c2ccc(Cl)cc2)nn3-c2ccccc2)cc1. The van der Waals surface area contributed by atoms with Gasteiger partial charge in [0.15, 0.2) is 0 Å². The van der Waals surface area contributed by atoms with Gasteiger partial charge in [-0.25, -0.2) is 9.67 Å². The molecule has 4 nitrogen and oxygen atoms in total. The van der Waals surface area contributed by atoms with Gasteiger partial charge in [-0.3, -0.25) is 0 Å². The molecule has 0 N–H and O–H groups in total. The summed E-state index contributed by atoms with van der Waals surface area (Å²) in [6.07, 6.45) is 0. The fourth-order valence-electron chi connectivity index (χ4n) is 4.53. The Morgan fingerprint density at radius 1 is 0.686 bits per heavy atom. The molecule has 0 aliphatic carbocycles. The molecule has 0 aliphatic rings. The van der Waals surface area contributed by atoms with Gasteiger partial charge in [0, 0.05) is 41.3 Å². The quantitative estimate of drug-likeness (QED) is 0.263. The predicted molar refractivity (Wildman–Crippen MR) is 147 cm³/mol. The Bertz CT molecular complexity index is 1650.